The Kier molecular flexibility index (Phi) is 3.47. The van der Waals surface area contributed by atoms with Crippen LogP contribution in [0.4, 0.5) is 10.1 Å². The fourth-order valence-corrected chi connectivity index (χ4v) is 2.73. The Bertz CT molecular complexity index is 669. The maximum atomic E-state index is 13.4. The average Bonchev–Trinajstić information content (AvgIpc) is 2.51. The number of rotatable bonds is 3. The normalized spacial score (nSPS) is 21.3. The van der Waals surface area contributed by atoms with Crippen LogP contribution in [0.25, 0.3) is 0 Å². The van der Waals surface area contributed by atoms with Crippen LogP contribution in [0.3, 0.4) is 0 Å². The van der Waals surface area contributed by atoms with Gasteiger partial charge in [0.2, 0.25) is 5.91 Å². The molecule has 4 heteroatoms. The molecule has 2 aromatic carbocycles. The number of benzene rings is 2. The molecule has 1 aliphatic rings. The Morgan fingerprint density at radius 1 is 1.19 bits per heavy atom. The summed E-state index contributed by atoms with van der Waals surface area (Å²) in [5.74, 6) is -0.536. The van der Waals surface area contributed by atoms with Crippen LogP contribution >= 0.6 is 0 Å². The second kappa shape index (κ2) is 5.30. The maximum Gasteiger partial charge on any atom is 0.247 e. The maximum absolute atomic E-state index is 13.4. The Labute approximate surface area is 123 Å². The van der Waals surface area contributed by atoms with Crippen molar-refractivity contribution in [2.75, 3.05) is 4.90 Å². The van der Waals surface area contributed by atoms with Gasteiger partial charge in [0, 0.05) is 5.69 Å². The lowest BCUT2D eigenvalue weighted by molar-refractivity contribution is -0.126. The molecule has 0 unspecified atom stereocenters. The summed E-state index contributed by atoms with van der Waals surface area (Å²) in [4.78, 5) is 13.6. The number of β-lactam (4-membered cyclic amide) rings is 1. The Hall–Kier alpha value is -2.20. The lowest BCUT2D eigenvalue weighted by atomic mass is 9.88. The van der Waals surface area contributed by atoms with E-state index in [0.29, 0.717) is 5.69 Å². The standard InChI is InChI=1S/C17H17FN2O/c1-2-11-6-8-12(9-7-11)16-15(19)17(21)20(16)14-5-3-4-13(18)10-14/h3-10,15-16H,2,19H2,1H3/t15-,16-/m1/s1. The number of hydrogen-bond donors (Lipinski definition) is 1. The van der Waals surface area contributed by atoms with E-state index in [9.17, 15) is 9.18 Å². The molecule has 0 spiro atoms. The number of halogens is 1. The van der Waals surface area contributed by atoms with Crippen LogP contribution in [0, 0.1) is 5.82 Å². The second-order valence-electron chi connectivity index (χ2n) is 5.25. The van der Waals surface area contributed by atoms with Crippen molar-refractivity contribution in [3.63, 3.8) is 0 Å². The van der Waals surface area contributed by atoms with Gasteiger partial charge in [-0.2, -0.15) is 0 Å². The van der Waals surface area contributed by atoms with Gasteiger partial charge in [-0.1, -0.05) is 37.3 Å². The van der Waals surface area contributed by atoms with Gasteiger partial charge in [-0.25, -0.2) is 4.39 Å². The van der Waals surface area contributed by atoms with Crippen LogP contribution in [0.5, 0.6) is 0 Å². The third-order valence-electron chi connectivity index (χ3n) is 3.96. The minimum atomic E-state index is -0.569. The molecular formula is C17H17FN2O. The SMILES string of the molecule is CCc1ccc([C@@H]2[C@@H](N)C(=O)N2c2cccc(F)c2)cc1. The lowest BCUT2D eigenvalue weighted by Gasteiger charge is -2.45. The summed E-state index contributed by atoms with van der Waals surface area (Å²) in [6.07, 6.45) is 0.962. The van der Waals surface area contributed by atoms with E-state index in [-0.39, 0.29) is 17.8 Å². The van der Waals surface area contributed by atoms with Gasteiger partial charge in [-0.05, 0) is 35.7 Å². The first-order valence-electron chi connectivity index (χ1n) is 7.05. The van der Waals surface area contributed by atoms with E-state index in [1.54, 1.807) is 17.0 Å². The van der Waals surface area contributed by atoms with E-state index in [1.165, 1.54) is 17.7 Å². The molecule has 0 aliphatic carbocycles. The molecule has 0 aromatic heterocycles. The fourth-order valence-electron chi connectivity index (χ4n) is 2.73. The molecule has 1 fully saturated rings. The predicted molar refractivity (Wildman–Crippen MR) is 80.4 cm³/mol. The number of carbonyl (C=O) groups excluding carboxylic acids is 1. The van der Waals surface area contributed by atoms with Gasteiger partial charge >= 0.3 is 0 Å². The topological polar surface area (TPSA) is 46.3 Å². The van der Waals surface area contributed by atoms with E-state index < -0.39 is 6.04 Å². The summed E-state index contributed by atoms with van der Waals surface area (Å²) in [5, 5.41) is 0. The smallest absolute Gasteiger partial charge is 0.247 e. The van der Waals surface area contributed by atoms with E-state index in [0.717, 1.165) is 12.0 Å². The first-order valence-corrected chi connectivity index (χ1v) is 7.05. The number of nitrogens with zero attached hydrogens (tertiary/aromatic N) is 1. The Morgan fingerprint density at radius 2 is 1.90 bits per heavy atom. The van der Waals surface area contributed by atoms with Crippen LogP contribution in [0.1, 0.15) is 24.1 Å². The highest BCUT2D eigenvalue weighted by molar-refractivity contribution is 6.05. The molecule has 3 rings (SSSR count). The third kappa shape index (κ3) is 2.32. The van der Waals surface area contributed by atoms with Gasteiger partial charge in [0.25, 0.3) is 0 Å². The highest BCUT2D eigenvalue weighted by Gasteiger charge is 2.46. The molecule has 3 nitrogen and oxygen atoms in total. The lowest BCUT2D eigenvalue weighted by Crippen LogP contribution is -2.63. The van der Waals surface area contributed by atoms with Crippen LogP contribution in [-0.2, 0) is 11.2 Å². The molecule has 0 radical (unpaired) electrons. The van der Waals surface area contributed by atoms with E-state index in [1.807, 2.05) is 24.3 Å². The highest BCUT2D eigenvalue weighted by atomic mass is 19.1. The summed E-state index contributed by atoms with van der Waals surface area (Å²) in [5.41, 5.74) is 8.70. The molecule has 21 heavy (non-hydrogen) atoms. The zero-order valence-corrected chi connectivity index (χ0v) is 11.8. The van der Waals surface area contributed by atoms with Gasteiger partial charge in [-0.15, -0.1) is 0 Å². The fraction of sp³-hybridized carbons (Fsp3) is 0.235. The van der Waals surface area contributed by atoms with Gasteiger partial charge in [0.05, 0.1) is 6.04 Å². The average molecular weight is 284 g/mol. The Morgan fingerprint density at radius 3 is 2.52 bits per heavy atom. The van der Waals surface area contributed by atoms with Gasteiger partial charge < -0.3 is 10.6 Å². The van der Waals surface area contributed by atoms with Crippen molar-refractivity contribution in [2.24, 2.45) is 5.73 Å². The van der Waals surface area contributed by atoms with E-state index >= 15 is 0 Å². The molecule has 2 aromatic rings. The van der Waals surface area contributed by atoms with Crippen molar-refractivity contribution >= 4 is 11.6 Å². The first-order chi connectivity index (χ1) is 10.1. The zero-order chi connectivity index (χ0) is 15.0. The van der Waals surface area contributed by atoms with Gasteiger partial charge in [0.1, 0.15) is 11.9 Å². The zero-order valence-electron chi connectivity index (χ0n) is 11.8. The summed E-state index contributed by atoms with van der Waals surface area (Å²) in [6.45, 7) is 2.09. The van der Waals surface area contributed by atoms with Crippen molar-refractivity contribution < 1.29 is 9.18 Å². The number of anilines is 1. The molecule has 1 amide bonds. The van der Waals surface area contributed by atoms with Crippen molar-refractivity contribution in [1.82, 2.24) is 0 Å². The molecule has 2 N–H and O–H groups in total. The van der Waals surface area contributed by atoms with E-state index in [4.69, 9.17) is 5.73 Å². The summed E-state index contributed by atoms with van der Waals surface area (Å²) >= 11 is 0. The van der Waals surface area contributed by atoms with Crippen LogP contribution in [-0.4, -0.2) is 11.9 Å². The van der Waals surface area contributed by atoms with Crippen LogP contribution in [0.15, 0.2) is 48.5 Å². The Balaban J connectivity index is 1.94. The molecule has 1 heterocycles. The van der Waals surface area contributed by atoms with Crippen LogP contribution < -0.4 is 10.6 Å². The predicted octanol–water partition coefficient (Wildman–Crippen LogP) is 2.80. The van der Waals surface area contributed by atoms with Gasteiger partial charge in [0.15, 0.2) is 0 Å². The highest BCUT2D eigenvalue weighted by Crippen LogP contribution is 2.38. The molecule has 1 aliphatic heterocycles. The molecule has 0 bridgehead atoms. The monoisotopic (exact) mass is 284 g/mol. The minimum Gasteiger partial charge on any atom is -0.318 e. The van der Waals surface area contributed by atoms with Gasteiger partial charge in [-0.3, -0.25) is 4.79 Å². The van der Waals surface area contributed by atoms with E-state index in [2.05, 4.69) is 6.92 Å². The van der Waals surface area contributed by atoms with Crippen molar-refractivity contribution in [3.8, 4) is 0 Å². The number of carbonyl (C=O) groups is 1. The summed E-state index contributed by atoms with van der Waals surface area (Å²) in [6, 6.07) is 13.3. The number of amides is 1. The van der Waals surface area contributed by atoms with Crippen LogP contribution in [0.2, 0.25) is 0 Å². The largest absolute Gasteiger partial charge is 0.318 e. The second-order valence-corrected chi connectivity index (χ2v) is 5.25. The third-order valence-corrected chi connectivity index (χ3v) is 3.96. The number of nitrogens with two attached hydrogens (primary N) is 1. The molecule has 1 saturated heterocycles. The van der Waals surface area contributed by atoms with Crippen molar-refractivity contribution in [1.29, 1.82) is 0 Å². The molecule has 2 atom stereocenters. The van der Waals surface area contributed by atoms with Crippen molar-refractivity contribution in [2.45, 2.75) is 25.4 Å². The van der Waals surface area contributed by atoms with Crippen molar-refractivity contribution in [3.05, 3.63) is 65.5 Å². The summed E-state index contributed by atoms with van der Waals surface area (Å²) < 4.78 is 13.4. The quantitative estimate of drug-likeness (QED) is 0.881. The first kappa shape index (κ1) is 13.8. The minimum absolute atomic E-state index is 0.176. The molecular weight excluding hydrogens is 267 g/mol. The number of aryl methyl sites for hydroxylation is 1. The molecule has 108 valence electrons. The summed E-state index contributed by atoms with van der Waals surface area (Å²) in [7, 11) is 0. The molecule has 0 saturated carbocycles. The number of hydrogen-bond acceptors (Lipinski definition) is 2.